The number of aryl methyl sites for hydroxylation is 2. The third kappa shape index (κ3) is 2.40. The number of nitrogens with one attached hydrogen (secondary N) is 1. The molecule has 1 saturated heterocycles. The number of aromatic amines is 1. The van der Waals surface area contributed by atoms with Gasteiger partial charge < -0.3 is 9.88 Å². The van der Waals surface area contributed by atoms with Gasteiger partial charge in [0.05, 0.1) is 18.2 Å². The van der Waals surface area contributed by atoms with E-state index in [9.17, 15) is 4.79 Å². The molecule has 1 N–H and O–H groups in total. The van der Waals surface area contributed by atoms with Crippen molar-refractivity contribution in [2.24, 2.45) is 0 Å². The molecule has 8 heteroatoms. The Kier molecular flexibility index (Phi) is 3.29. The molecule has 25 heavy (non-hydrogen) atoms. The number of likely N-dealkylation sites (tertiary alicyclic amines) is 1. The van der Waals surface area contributed by atoms with Crippen LogP contribution in [-0.2, 0) is 12.8 Å². The van der Waals surface area contributed by atoms with Crippen LogP contribution in [0, 0.1) is 0 Å². The van der Waals surface area contributed by atoms with Gasteiger partial charge in [0.15, 0.2) is 11.5 Å². The minimum absolute atomic E-state index is 0.0120. The molecule has 4 heterocycles. The van der Waals surface area contributed by atoms with E-state index >= 15 is 0 Å². The lowest BCUT2D eigenvalue weighted by Crippen LogP contribution is -2.38. The minimum atomic E-state index is 0.0120. The van der Waals surface area contributed by atoms with E-state index < -0.39 is 0 Å². The van der Waals surface area contributed by atoms with Gasteiger partial charge in [0.2, 0.25) is 0 Å². The smallest absolute Gasteiger partial charge is 0.271 e. The van der Waals surface area contributed by atoms with Gasteiger partial charge in [0, 0.05) is 19.0 Å². The largest absolute Gasteiger partial charge is 0.341 e. The molecule has 3 aromatic rings. The molecule has 0 unspecified atom stereocenters. The number of nitrogens with zero attached hydrogens (tertiary/aromatic N) is 6. The summed E-state index contributed by atoms with van der Waals surface area (Å²) in [4.78, 5) is 21.1. The number of piperidine rings is 1. The quantitative estimate of drug-likeness (QED) is 0.762. The van der Waals surface area contributed by atoms with E-state index in [1.54, 1.807) is 6.20 Å². The lowest BCUT2D eigenvalue weighted by molar-refractivity contribution is 0.0705. The SMILES string of the molecule is O=C(c1cnc[nH]1)N1CCC(c2nnc3cc4c(nn23)CCC4)CC1. The van der Waals surface area contributed by atoms with E-state index in [0.717, 1.165) is 37.2 Å². The van der Waals surface area contributed by atoms with Crippen LogP contribution in [0.3, 0.4) is 0 Å². The maximum Gasteiger partial charge on any atom is 0.271 e. The van der Waals surface area contributed by atoms with Crippen molar-refractivity contribution in [2.45, 2.75) is 38.0 Å². The number of H-pyrrole nitrogens is 1. The normalized spacial score (nSPS) is 18.0. The van der Waals surface area contributed by atoms with Gasteiger partial charge in [0.25, 0.3) is 5.91 Å². The predicted molar refractivity (Wildman–Crippen MR) is 89.3 cm³/mol. The van der Waals surface area contributed by atoms with Crippen LogP contribution in [0.2, 0.25) is 0 Å². The molecule has 1 aliphatic heterocycles. The topological polar surface area (TPSA) is 92.1 Å². The van der Waals surface area contributed by atoms with E-state index in [4.69, 9.17) is 5.10 Å². The average Bonchev–Trinajstić information content (AvgIpc) is 3.39. The maximum atomic E-state index is 12.4. The highest BCUT2D eigenvalue weighted by atomic mass is 16.2. The molecule has 0 atom stereocenters. The maximum absolute atomic E-state index is 12.4. The summed E-state index contributed by atoms with van der Waals surface area (Å²) in [5.74, 6) is 1.23. The van der Waals surface area contributed by atoms with E-state index in [1.807, 2.05) is 9.42 Å². The minimum Gasteiger partial charge on any atom is -0.341 e. The Morgan fingerprint density at radius 2 is 2.08 bits per heavy atom. The third-order valence-corrected chi connectivity index (χ3v) is 5.32. The van der Waals surface area contributed by atoms with Crippen molar-refractivity contribution in [2.75, 3.05) is 13.1 Å². The number of carbonyl (C=O) groups excluding carboxylic acids is 1. The summed E-state index contributed by atoms with van der Waals surface area (Å²) in [5, 5.41) is 13.5. The van der Waals surface area contributed by atoms with Gasteiger partial charge >= 0.3 is 0 Å². The first kappa shape index (κ1) is 14.6. The van der Waals surface area contributed by atoms with Gasteiger partial charge in [0.1, 0.15) is 5.69 Å². The van der Waals surface area contributed by atoms with E-state index in [0.29, 0.717) is 18.8 Å². The first-order valence-electron chi connectivity index (χ1n) is 8.81. The Labute approximate surface area is 144 Å². The number of fused-ring (bicyclic) bond motifs is 2. The zero-order valence-electron chi connectivity index (χ0n) is 13.9. The Bertz CT molecular complexity index is 922. The van der Waals surface area contributed by atoms with Gasteiger partial charge in [-0.15, -0.1) is 10.2 Å². The summed E-state index contributed by atoms with van der Waals surface area (Å²) in [6.45, 7) is 1.42. The molecule has 1 fully saturated rings. The van der Waals surface area contributed by atoms with Crippen molar-refractivity contribution in [1.82, 2.24) is 34.7 Å². The zero-order chi connectivity index (χ0) is 16.8. The number of hydrogen-bond donors (Lipinski definition) is 1. The van der Waals surface area contributed by atoms with Crippen molar-refractivity contribution < 1.29 is 4.79 Å². The summed E-state index contributed by atoms with van der Waals surface area (Å²) in [6.07, 6.45) is 8.16. The second-order valence-electron chi connectivity index (χ2n) is 6.83. The van der Waals surface area contributed by atoms with Crippen molar-refractivity contribution in [3.8, 4) is 0 Å². The number of amides is 1. The second kappa shape index (κ2) is 5.65. The summed E-state index contributed by atoms with van der Waals surface area (Å²) in [7, 11) is 0. The number of rotatable bonds is 2. The molecule has 0 bridgehead atoms. The van der Waals surface area contributed by atoms with E-state index in [2.05, 4.69) is 26.2 Å². The molecule has 1 aliphatic carbocycles. The number of imidazole rings is 1. The third-order valence-electron chi connectivity index (χ3n) is 5.32. The van der Waals surface area contributed by atoms with Crippen LogP contribution in [0.1, 0.15) is 52.8 Å². The lowest BCUT2D eigenvalue weighted by Gasteiger charge is -2.30. The highest BCUT2D eigenvalue weighted by Crippen LogP contribution is 2.28. The summed E-state index contributed by atoms with van der Waals surface area (Å²) < 4.78 is 1.92. The average molecular weight is 337 g/mol. The zero-order valence-corrected chi connectivity index (χ0v) is 13.9. The molecule has 5 rings (SSSR count). The van der Waals surface area contributed by atoms with Gasteiger partial charge in [-0.05, 0) is 43.7 Å². The number of hydrogen-bond acceptors (Lipinski definition) is 5. The molecular formula is C17H19N7O. The van der Waals surface area contributed by atoms with E-state index in [-0.39, 0.29) is 11.8 Å². The van der Waals surface area contributed by atoms with Crippen molar-refractivity contribution in [3.63, 3.8) is 0 Å². The monoisotopic (exact) mass is 337 g/mol. The summed E-state index contributed by atoms with van der Waals surface area (Å²) in [5.41, 5.74) is 3.88. The molecule has 0 saturated carbocycles. The number of aromatic nitrogens is 6. The van der Waals surface area contributed by atoms with Crippen LogP contribution in [0.25, 0.3) is 5.65 Å². The first-order chi connectivity index (χ1) is 12.3. The standard InChI is InChI=1S/C17H19N7O/c25-17(14-9-18-10-19-14)23-6-4-11(5-7-23)16-21-20-15-8-12-2-1-3-13(12)22-24(15)16/h8-11H,1-7H2,(H,18,19). The highest BCUT2D eigenvalue weighted by molar-refractivity contribution is 5.92. The molecule has 3 aromatic heterocycles. The van der Waals surface area contributed by atoms with Crippen LogP contribution in [0.4, 0.5) is 0 Å². The van der Waals surface area contributed by atoms with Crippen LogP contribution in [-0.4, -0.2) is 53.7 Å². The highest BCUT2D eigenvalue weighted by Gasteiger charge is 2.28. The van der Waals surface area contributed by atoms with E-state index in [1.165, 1.54) is 24.0 Å². The Balaban J connectivity index is 1.36. The van der Waals surface area contributed by atoms with Crippen molar-refractivity contribution in [1.29, 1.82) is 0 Å². The summed E-state index contributed by atoms with van der Waals surface area (Å²) >= 11 is 0. The van der Waals surface area contributed by atoms with Crippen LogP contribution in [0.5, 0.6) is 0 Å². The van der Waals surface area contributed by atoms with Crippen molar-refractivity contribution in [3.05, 3.63) is 41.4 Å². The fraction of sp³-hybridized carbons (Fsp3) is 0.471. The van der Waals surface area contributed by atoms with Crippen LogP contribution >= 0.6 is 0 Å². The Morgan fingerprint density at radius 3 is 2.88 bits per heavy atom. The molecule has 0 spiro atoms. The van der Waals surface area contributed by atoms with Crippen molar-refractivity contribution >= 4 is 11.6 Å². The van der Waals surface area contributed by atoms with Gasteiger partial charge in [-0.3, -0.25) is 4.79 Å². The number of carbonyl (C=O) groups is 1. The molecule has 0 aromatic carbocycles. The molecule has 0 radical (unpaired) electrons. The Hall–Kier alpha value is -2.77. The van der Waals surface area contributed by atoms with Crippen LogP contribution < -0.4 is 0 Å². The molecule has 2 aliphatic rings. The van der Waals surface area contributed by atoms with Gasteiger partial charge in [-0.1, -0.05) is 0 Å². The molecule has 1 amide bonds. The lowest BCUT2D eigenvalue weighted by atomic mass is 9.96. The second-order valence-corrected chi connectivity index (χ2v) is 6.83. The molecular weight excluding hydrogens is 318 g/mol. The Morgan fingerprint density at radius 1 is 1.20 bits per heavy atom. The van der Waals surface area contributed by atoms with Gasteiger partial charge in [-0.2, -0.15) is 9.61 Å². The molecule has 128 valence electrons. The van der Waals surface area contributed by atoms with Crippen LogP contribution in [0.15, 0.2) is 18.6 Å². The fourth-order valence-electron chi connectivity index (χ4n) is 3.93. The fourth-order valence-corrected chi connectivity index (χ4v) is 3.93. The van der Waals surface area contributed by atoms with Gasteiger partial charge in [-0.25, -0.2) is 4.98 Å². The molecule has 8 nitrogen and oxygen atoms in total. The summed E-state index contributed by atoms with van der Waals surface area (Å²) in [6, 6.07) is 2.13. The predicted octanol–water partition coefficient (Wildman–Crippen LogP) is 1.36. The first-order valence-corrected chi connectivity index (χ1v) is 8.81.